The van der Waals surface area contributed by atoms with E-state index in [0.29, 0.717) is 25.2 Å². The number of rotatable bonds is 8. The van der Waals surface area contributed by atoms with E-state index in [1.54, 1.807) is 0 Å². The quantitative estimate of drug-likeness (QED) is 0.734. The van der Waals surface area contributed by atoms with Crippen molar-refractivity contribution in [3.05, 3.63) is 24.3 Å². The predicted octanol–water partition coefficient (Wildman–Crippen LogP) is 3.03. The van der Waals surface area contributed by atoms with E-state index >= 15 is 0 Å². The molecule has 0 unspecified atom stereocenters. The van der Waals surface area contributed by atoms with Crippen LogP contribution in [-0.4, -0.2) is 26.5 Å². The smallest absolute Gasteiger partial charge is 0.303 e. The number of aliphatic carboxylic acids is 1. The first kappa shape index (κ1) is 16.0. The normalized spacial score (nSPS) is 10.8. The van der Waals surface area contributed by atoms with Gasteiger partial charge in [-0.2, -0.15) is 0 Å². The second-order valence-corrected chi connectivity index (χ2v) is 5.22. The van der Waals surface area contributed by atoms with Gasteiger partial charge in [0.1, 0.15) is 0 Å². The summed E-state index contributed by atoms with van der Waals surface area (Å²) in [7, 11) is 0. The lowest BCUT2D eigenvalue weighted by atomic mass is 10.2. The van der Waals surface area contributed by atoms with Gasteiger partial charge in [-0.15, -0.1) is 0 Å². The number of benzene rings is 1. The molecule has 0 bridgehead atoms. The summed E-state index contributed by atoms with van der Waals surface area (Å²) in [6.07, 6.45) is 2.42. The predicted molar refractivity (Wildman–Crippen MR) is 84.8 cm³/mol. The van der Waals surface area contributed by atoms with Crippen LogP contribution in [0.1, 0.15) is 39.0 Å². The number of carboxylic acids is 1. The molecule has 22 heavy (non-hydrogen) atoms. The van der Waals surface area contributed by atoms with Gasteiger partial charge in [0.25, 0.3) is 0 Å². The van der Waals surface area contributed by atoms with Crippen LogP contribution in [0.3, 0.4) is 0 Å². The molecule has 2 N–H and O–H groups in total. The maximum absolute atomic E-state index is 12.0. The Labute approximate surface area is 129 Å². The minimum atomic E-state index is -0.829. The zero-order valence-electron chi connectivity index (χ0n) is 12.7. The van der Waals surface area contributed by atoms with Gasteiger partial charge in [0, 0.05) is 19.4 Å². The first-order valence-electron chi connectivity index (χ1n) is 7.58. The van der Waals surface area contributed by atoms with E-state index in [2.05, 4.69) is 17.2 Å². The summed E-state index contributed by atoms with van der Waals surface area (Å²) in [5.74, 6) is -0.394. The lowest BCUT2D eigenvalue weighted by molar-refractivity contribution is -0.137. The maximum Gasteiger partial charge on any atom is 0.303 e. The van der Waals surface area contributed by atoms with Gasteiger partial charge in [0.15, 0.2) is 0 Å². The highest BCUT2D eigenvalue weighted by molar-refractivity contribution is 5.91. The molecule has 1 amide bonds. The summed E-state index contributed by atoms with van der Waals surface area (Å²) in [6.45, 7) is 2.86. The Morgan fingerprint density at radius 2 is 1.95 bits per heavy atom. The molecule has 1 heterocycles. The van der Waals surface area contributed by atoms with Gasteiger partial charge in [-0.3, -0.25) is 14.9 Å². The number of carboxylic acid groups (broad SMARTS) is 1. The number of aryl methyl sites for hydroxylation is 1. The molecule has 2 aromatic rings. The van der Waals surface area contributed by atoms with Gasteiger partial charge >= 0.3 is 5.97 Å². The van der Waals surface area contributed by atoms with E-state index in [1.165, 1.54) is 0 Å². The summed E-state index contributed by atoms with van der Waals surface area (Å²) in [5.41, 5.74) is 1.86. The molecule has 118 valence electrons. The zero-order chi connectivity index (χ0) is 15.9. The third-order valence-electron chi connectivity index (χ3n) is 3.40. The van der Waals surface area contributed by atoms with Crippen molar-refractivity contribution in [2.45, 2.75) is 45.6 Å². The van der Waals surface area contributed by atoms with Crippen molar-refractivity contribution in [2.75, 3.05) is 5.32 Å². The number of amides is 1. The second kappa shape index (κ2) is 7.59. The number of aromatic nitrogens is 2. The van der Waals surface area contributed by atoms with E-state index in [-0.39, 0.29) is 12.3 Å². The van der Waals surface area contributed by atoms with Gasteiger partial charge in [0.2, 0.25) is 11.9 Å². The van der Waals surface area contributed by atoms with Gasteiger partial charge in [-0.05, 0) is 31.4 Å². The fraction of sp³-hybridized carbons (Fsp3) is 0.438. The molecular weight excluding hydrogens is 282 g/mol. The minimum absolute atomic E-state index is 0.0988. The summed E-state index contributed by atoms with van der Waals surface area (Å²) < 4.78 is 2.00. The highest BCUT2D eigenvalue weighted by Crippen LogP contribution is 2.20. The van der Waals surface area contributed by atoms with E-state index in [4.69, 9.17) is 5.11 Å². The molecule has 0 saturated carbocycles. The molecule has 0 fully saturated rings. The number of carbonyl (C=O) groups is 2. The van der Waals surface area contributed by atoms with Crippen molar-refractivity contribution in [1.29, 1.82) is 0 Å². The lowest BCUT2D eigenvalue weighted by Gasteiger charge is -2.08. The molecule has 6 nitrogen and oxygen atoms in total. The van der Waals surface area contributed by atoms with Crippen LogP contribution in [0.5, 0.6) is 0 Å². The summed E-state index contributed by atoms with van der Waals surface area (Å²) in [4.78, 5) is 26.9. The van der Waals surface area contributed by atoms with Crippen LogP contribution in [0.4, 0.5) is 5.95 Å². The molecule has 0 saturated heterocycles. The Hall–Kier alpha value is -2.37. The van der Waals surface area contributed by atoms with Gasteiger partial charge in [-0.1, -0.05) is 19.1 Å². The van der Waals surface area contributed by atoms with Crippen LogP contribution in [0.25, 0.3) is 11.0 Å². The number of hydrogen-bond acceptors (Lipinski definition) is 3. The average molecular weight is 303 g/mol. The topological polar surface area (TPSA) is 84.2 Å². The fourth-order valence-corrected chi connectivity index (χ4v) is 2.37. The fourth-order valence-electron chi connectivity index (χ4n) is 2.37. The van der Waals surface area contributed by atoms with Crippen molar-refractivity contribution in [1.82, 2.24) is 9.55 Å². The van der Waals surface area contributed by atoms with E-state index < -0.39 is 5.97 Å². The summed E-state index contributed by atoms with van der Waals surface area (Å²) >= 11 is 0. The van der Waals surface area contributed by atoms with Crippen LogP contribution in [-0.2, 0) is 16.1 Å². The SMILES string of the molecule is CCCn1c(NC(=O)CCCCC(=O)O)nc2ccccc21. The molecule has 1 aromatic carbocycles. The number of hydrogen-bond donors (Lipinski definition) is 2. The number of carbonyl (C=O) groups excluding carboxylic acids is 1. The van der Waals surface area contributed by atoms with Gasteiger partial charge in [-0.25, -0.2) is 4.98 Å². The molecule has 0 aliphatic carbocycles. The summed E-state index contributed by atoms with van der Waals surface area (Å²) in [5, 5.41) is 11.4. The standard InChI is InChI=1S/C16H21N3O3/c1-2-11-19-13-8-4-3-7-12(13)17-16(19)18-14(20)9-5-6-10-15(21)22/h3-4,7-8H,2,5-6,9-11H2,1H3,(H,21,22)(H,17,18,20). The van der Waals surface area contributed by atoms with Crippen LogP contribution >= 0.6 is 0 Å². The van der Waals surface area contributed by atoms with E-state index in [1.807, 2.05) is 28.8 Å². The maximum atomic E-state index is 12.0. The number of nitrogens with one attached hydrogen (secondary N) is 1. The zero-order valence-corrected chi connectivity index (χ0v) is 12.7. The number of para-hydroxylation sites is 2. The molecule has 0 aliphatic rings. The van der Waals surface area contributed by atoms with Crippen LogP contribution in [0.2, 0.25) is 0 Å². The molecule has 6 heteroatoms. The first-order valence-corrected chi connectivity index (χ1v) is 7.58. The largest absolute Gasteiger partial charge is 0.481 e. The first-order chi connectivity index (χ1) is 10.6. The highest BCUT2D eigenvalue weighted by atomic mass is 16.4. The Kier molecular flexibility index (Phi) is 5.52. The van der Waals surface area contributed by atoms with Crippen LogP contribution < -0.4 is 5.32 Å². The Morgan fingerprint density at radius 1 is 1.23 bits per heavy atom. The van der Waals surface area contributed by atoms with Crippen molar-refractivity contribution in [2.24, 2.45) is 0 Å². The molecule has 2 rings (SSSR count). The third-order valence-corrected chi connectivity index (χ3v) is 3.40. The van der Waals surface area contributed by atoms with Crippen LogP contribution in [0, 0.1) is 0 Å². The lowest BCUT2D eigenvalue weighted by Crippen LogP contribution is -2.15. The van der Waals surface area contributed by atoms with Gasteiger partial charge in [0.05, 0.1) is 11.0 Å². The Bertz CT molecular complexity index is 664. The molecule has 0 atom stereocenters. The monoisotopic (exact) mass is 303 g/mol. The number of anilines is 1. The third kappa shape index (κ3) is 4.07. The number of imidazole rings is 1. The van der Waals surface area contributed by atoms with Gasteiger partial charge < -0.3 is 9.67 Å². The molecule has 0 spiro atoms. The molecule has 0 aliphatic heterocycles. The molecule has 1 aromatic heterocycles. The number of nitrogens with zero attached hydrogens (tertiary/aromatic N) is 2. The van der Waals surface area contributed by atoms with Crippen LogP contribution in [0.15, 0.2) is 24.3 Å². The average Bonchev–Trinajstić information content (AvgIpc) is 2.82. The Morgan fingerprint density at radius 3 is 2.68 bits per heavy atom. The molecular formula is C16H21N3O3. The Balaban J connectivity index is 2.02. The molecule has 0 radical (unpaired) electrons. The van der Waals surface area contributed by atoms with Crippen molar-refractivity contribution in [3.63, 3.8) is 0 Å². The summed E-state index contributed by atoms with van der Waals surface area (Å²) in [6, 6.07) is 7.78. The number of unbranched alkanes of at least 4 members (excludes halogenated alkanes) is 1. The van der Waals surface area contributed by atoms with E-state index in [9.17, 15) is 9.59 Å². The highest BCUT2D eigenvalue weighted by Gasteiger charge is 2.12. The van der Waals surface area contributed by atoms with Crippen molar-refractivity contribution in [3.8, 4) is 0 Å². The van der Waals surface area contributed by atoms with Crippen molar-refractivity contribution < 1.29 is 14.7 Å². The second-order valence-electron chi connectivity index (χ2n) is 5.22. The number of fused-ring (bicyclic) bond motifs is 1. The van der Waals surface area contributed by atoms with E-state index in [0.717, 1.165) is 24.0 Å². The minimum Gasteiger partial charge on any atom is -0.481 e. The van der Waals surface area contributed by atoms with Crippen molar-refractivity contribution >= 4 is 28.9 Å².